The van der Waals surface area contributed by atoms with E-state index in [-0.39, 0.29) is 31.4 Å². The zero-order valence-corrected chi connectivity index (χ0v) is 19.8. The minimum Gasteiger partial charge on any atom is -0.480 e. The second-order valence-corrected chi connectivity index (χ2v) is 9.96. The van der Waals surface area contributed by atoms with Crippen LogP contribution in [0, 0.1) is 5.41 Å². The maximum atomic E-state index is 12.8. The molecule has 180 valence electrons. The van der Waals surface area contributed by atoms with E-state index in [0.29, 0.717) is 13.0 Å². The lowest BCUT2D eigenvalue weighted by atomic mass is 9.87. The van der Waals surface area contributed by atoms with Gasteiger partial charge in [-0.1, -0.05) is 62.4 Å². The highest BCUT2D eigenvalue weighted by Gasteiger charge is 2.35. The quantitative estimate of drug-likeness (QED) is 0.633. The summed E-state index contributed by atoms with van der Waals surface area (Å²) >= 11 is 0. The molecule has 0 radical (unpaired) electrons. The number of benzene rings is 2. The highest BCUT2D eigenvalue weighted by atomic mass is 16.5. The van der Waals surface area contributed by atoms with E-state index in [0.717, 1.165) is 24.0 Å². The molecule has 7 heteroatoms. The Morgan fingerprint density at radius 1 is 1.03 bits per heavy atom. The molecule has 0 unspecified atom stereocenters. The molecule has 2 aromatic rings. The summed E-state index contributed by atoms with van der Waals surface area (Å²) in [6.07, 6.45) is 1.74. The first-order chi connectivity index (χ1) is 16.3. The van der Waals surface area contributed by atoms with Crippen molar-refractivity contribution < 1.29 is 24.2 Å². The molecular weight excluding hydrogens is 432 g/mol. The topological polar surface area (TPSA) is 95.9 Å². The van der Waals surface area contributed by atoms with Gasteiger partial charge in [0.25, 0.3) is 0 Å². The van der Waals surface area contributed by atoms with Crippen molar-refractivity contribution in [3.8, 4) is 11.1 Å². The number of carbonyl (C=O) groups is 3. The van der Waals surface area contributed by atoms with Crippen LogP contribution in [-0.4, -0.2) is 53.7 Å². The first-order valence-corrected chi connectivity index (χ1v) is 11.9. The number of amides is 2. The van der Waals surface area contributed by atoms with Crippen LogP contribution >= 0.6 is 0 Å². The molecule has 0 aromatic heterocycles. The van der Waals surface area contributed by atoms with Gasteiger partial charge in [0.2, 0.25) is 5.91 Å². The zero-order chi connectivity index (χ0) is 24.3. The summed E-state index contributed by atoms with van der Waals surface area (Å²) in [5, 5.41) is 12.2. The average molecular weight is 465 g/mol. The van der Waals surface area contributed by atoms with Gasteiger partial charge in [-0.15, -0.1) is 0 Å². The van der Waals surface area contributed by atoms with Crippen molar-refractivity contribution in [2.45, 2.75) is 51.5 Å². The number of aliphatic carboxylic acids is 1. The number of nitrogens with one attached hydrogen (secondary N) is 1. The summed E-state index contributed by atoms with van der Waals surface area (Å²) in [6, 6.07) is 15.6. The molecule has 2 aliphatic rings. The molecule has 0 spiro atoms. The maximum Gasteiger partial charge on any atom is 0.407 e. The molecule has 0 bridgehead atoms. The van der Waals surface area contributed by atoms with Crippen molar-refractivity contribution in [2.24, 2.45) is 5.41 Å². The van der Waals surface area contributed by atoms with E-state index < -0.39 is 23.5 Å². The van der Waals surface area contributed by atoms with E-state index in [2.05, 4.69) is 29.6 Å². The van der Waals surface area contributed by atoms with E-state index in [1.54, 1.807) is 0 Å². The molecule has 1 fully saturated rings. The largest absolute Gasteiger partial charge is 0.480 e. The molecule has 2 aromatic carbocycles. The predicted octanol–water partition coefficient (Wildman–Crippen LogP) is 4.41. The molecule has 1 heterocycles. The number of carboxylic acid groups (broad SMARTS) is 1. The summed E-state index contributed by atoms with van der Waals surface area (Å²) < 4.78 is 5.58. The lowest BCUT2D eigenvalue weighted by Gasteiger charge is -2.35. The van der Waals surface area contributed by atoms with E-state index in [1.165, 1.54) is 16.0 Å². The van der Waals surface area contributed by atoms with Crippen molar-refractivity contribution >= 4 is 18.0 Å². The summed E-state index contributed by atoms with van der Waals surface area (Å²) in [6.45, 7) is 4.71. The molecular formula is C27H32N2O5. The lowest BCUT2D eigenvalue weighted by molar-refractivity contribution is -0.152. The molecule has 1 aliphatic heterocycles. The molecule has 2 amide bonds. The van der Waals surface area contributed by atoms with Gasteiger partial charge >= 0.3 is 12.1 Å². The van der Waals surface area contributed by atoms with E-state index in [9.17, 15) is 19.5 Å². The Morgan fingerprint density at radius 3 is 2.26 bits per heavy atom. The second-order valence-electron chi connectivity index (χ2n) is 9.96. The van der Waals surface area contributed by atoms with Crippen molar-refractivity contribution in [1.82, 2.24) is 10.2 Å². The number of nitrogens with zero attached hydrogens (tertiary/aromatic N) is 1. The number of hydrogen-bond donors (Lipinski definition) is 2. The number of rotatable bonds is 7. The van der Waals surface area contributed by atoms with Crippen molar-refractivity contribution in [3.05, 3.63) is 59.7 Å². The Balaban J connectivity index is 1.31. The van der Waals surface area contributed by atoms with Crippen LogP contribution in [0.25, 0.3) is 11.1 Å². The lowest BCUT2D eigenvalue weighted by Crippen LogP contribution is -2.49. The van der Waals surface area contributed by atoms with Crippen molar-refractivity contribution in [1.29, 1.82) is 0 Å². The number of hydrogen-bond acceptors (Lipinski definition) is 4. The Hall–Kier alpha value is -3.35. The number of alkyl carbamates (subject to hydrolysis) is 1. The van der Waals surface area contributed by atoms with Crippen LogP contribution in [0.4, 0.5) is 4.79 Å². The van der Waals surface area contributed by atoms with Gasteiger partial charge in [0.15, 0.2) is 0 Å². The van der Waals surface area contributed by atoms with Crippen LogP contribution in [0.15, 0.2) is 48.5 Å². The molecule has 1 atom stereocenters. The summed E-state index contributed by atoms with van der Waals surface area (Å²) in [5.41, 5.74) is 4.10. The number of fused-ring (bicyclic) bond motifs is 3. The number of carbonyl (C=O) groups excluding carboxylic acids is 2. The van der Waals surface area contributed by atoms with Gasteiger partial charge in [-0.2, -0.15) is 0 Å². The van der Waals surface area contributed by atoms with Gasteiger partial charge in [-0.05, 0) is 46.9 Å². The first kappa shape index (κ1) is 23.8. The third-order valence-electron chi connectivity index (χ3n) is 6.79. The highest BCUT2D eigenvalue weighted by molar-refractivity contribution is 5.84. The normalized spacial score (nSPS) is 17.6. The number of piperidine rings is 1. The molecule has 7 nitrogen and oxygen atoms in total. The van der Waals surface area contributed by atoms with Gasteiger partial charge in [0.05, 0.1) is 0 Å². The molecule has 2 N–H and O–H groups in total. The molecule has 34 heavy (non-hydrogen) atoms. The molecule has 4 rings (SSSR count). The minimum absolute atomic E-state index is 0.0141. The standard InChI is InChI=1S/C27H32N2O5/c1-27(2,15-24(30)29-14-8-7-13-23(29)25(31)32)17-28-26(33)34-16-22-20-11-5-3-9-18(20)19-10-4-6-12-21(19)22/h3-6,9-12,22-23H,7-8,13-17H2,1-2H3,(H,28,33)(H,31,32)/t23-/m1/s1. The summed E-state index contributed by atoms with van der Waals surface area (Å²) in [4.78, 5) is 38.3. The Labute approximate surface area is 200 Å². The SMILES string of the molecule is CC(C)(CNC(=O)OCC1c2ccccc2-c2ccccc21)CC(=O)N1CCCC[C@@H]1C(=O)O. The number of ether oxygens (including phenoxy) is 1. The van der Waals surface area contributed by atoms with Crippen LogP contribution < -0.4 is 5.32 Å². The minimum atomic E-state index is -0.956. The van der Waals surface area contributed by atoms with E-state index >= 15 is 0 Å². The third kappa shape index (κ3) is 5.08. The van der Waals surface area contributed by atoms with Crippen LogP contribution in [0.1, 0.15) is 56.6 Å². The number of likely N-dealkylation sites (tertiary alicyclic amines) is 1. The van der Waals surface area contributed by atoms with Crippen molar-refractivity contribution in [3.63, 3.8) is 0 Å². The average Bonchev–Trinajstić information content (AvgIpc) is 3.15. The fourth-order valence-corrected chi connectivity index (χ4v) is 5.02. The monoisotopic (exact) mass is 464 g/mol. The fraction of sp³-hybridized carbons (Fsp3) is 0.444. The van der Waals surface area contributed by atoms with Gasteiger partial charge in [-0.25, -0.2) is 9.59 Å². The molecule has 0 saturated carbocycles. The van der Waals surface area contributed by atoms with Crippen LogP contribution in [0.2, 0.25) is 0 Å². The predicted molar refractivity (Wildman–Crippen MR) is 128 cm³/mol. The smallest absolute Gasteiger partial charge is 0.407 e. The molecule has 1 saturated heterocycles. The van der Waals surface area contributed by atoms with Crippen LogP contribution in [-0.2, 0) is 14.3 Å². The maximum absolute atomic E-state index is 12.8. The van der Waals surface area contributed by atoms with Gasteiger partial charge in [-0.3, -0.25) is 4.79 Å². The van der Waals surface area contributed by atoms with Gasteiger partial charge < -0.3 is 20.1 Å². The van der Waals surface area contributed by atoms with Crippen LogP contribution in [0.5, 0.6) is 0 Å². The Morgan fingerprint density at radius 2 is 1.65 bits per heavy atom. The molecule has 1 aliphatic carbocycles. The Kier molecular flexibility index (Phi) is 6.91. The first-order valence-electron chi connectivity index (χ1n) is 11.9. The summed E-state index contributed by atoms with van der Waals surface area (Å²) in [7, 11) is 0. The number of carboxylic acids is 1. The van der Waals surface area contributed by atoms with Gasteiger partial charge in [0.1, 0.15) is 12.6 Å². The Bertz CT molecular complexity index is 1030. The van der Waals surface area contributed by atoms with Gasteiger partial charge in [0, 0.05) is 25.4 Å². The second kappa shape index (κ2) is 9.87. The van der Waals surface area contributed by atoms with E-state index in [1.807, 2.05) is 38.1 Å². The highest BCUT2D eigenvalue weighted by Crippen LogP contribution is 2.44. The zero-order valence-electron chi connectivity index (χ0n) is 19.8. The third-order valence-corrected chi connectivity index (χ3v) is 6.79. The fourth-order valence-electron chi connectivity index (χ4n) is 5.02. The van der Waals surface area contributed by atoms with E-state index in [4.69, 9.17) is 4.74 Å². The van der Waals surface area contributed by atoms with Crippen LogP contribution in [0.3, 0.4) is 0 Å². The summed E-state index contributed by atoms with van der Waals surface area (Å²) in [5.74, 6) is -1.16. The van der Waals surface area contributed by atoms with Crippen molar-refractivity contribution in [2.75, 3.05) is 19.7 Å².